The standard InChI is InChI=1S/C22H19N5O2S/c28-22(18-19(30-26-24-18)15-7-3-1-4-8-15)27-13-11-17(12-14-27)21-23-20(25-29-21)16-9-5-2-6-10-16/h1-10,17H,11-14H2. The minimum atomic E-state index is -0.0726. The smallest absolute Gasteiger partial charge is 0.275 e. The first-order valence-corrected chi connectivity index (χ1v) is 10.6. The highest BCUT2D eigenvalue weighted by atomic mass is 32.1. The van der Waals surface area contributed by atoms with E-state index in [-0.39, 0.29) is 11.8 Å². The highest BCUT2D eigenvalue weighted by molar-refractivity contribution is 7.09. The normalized spacial score (nSPS) is 14.7. The molecule has 3 heterocycles. The second kappa shape index (κ2) is 8.16. The quantitative estimate of drug-likeness (QED) is 0.493. The van der Waals surface area contributed by atoms with Crippen LogP contribution in [0.1, 0.15) is 35.1 Å². The number of hydrogen-bond donors (Lipinski definition) is 0. The Morgan fingerprint density at radius 2 is 1.63 bits per heavy atom. The first-order chi connectivity index (χ1) is 14.8. The molecule has 8 heteroatoms. The van der Waals surface area contributed by atoms with Crippen LogP contribution in [-0.4, -0.2) is 43.6 Å². The lowest BCUT2D eigenvalue weighted by Gasteiger charge is -2.30. The van der Waals surface area contributed by atoms with E-state index in [1.54, 1.807) is 0 Å². The predicted molar refractivity (Wildman–Crippen MR) is 113 cm³/mol. The van der Waals surface area contributed by atoms with Crippen LogP contribution in [0.25, 0.3) is 21.8 Å². The molecule has 0 aliphatic carbocycles. The van der Waals surface area contributed by atoms with Crippen molar-refractivity contribution in [2.45, 2.75) is 18.8 Å². The van der Waals surface area contributed by atoms with Crippen molar-refractivity contribution in [1.82, 2.24) is 24.6 Å². The zero-order chi connectivity index (χ0) is 20.3. The summed E-state index contributed by atoms with van der Waals surface area (Å²) in [6.07, 6.45) is 1.56. The second-order valence-corrected chi connectivity index (χ2v) is 7.96. The number of piperidine rings is 1. The van der Waals surface area contributed by atoms with Gasteiger partial charge >= 0.3 is 0 Å². The lowest BCUT2D eigenvalue weighted by atomic mass is 9.96. The third kappa shape index (κ3) is 3.61. The Labute approximate surface area is 177 Å². The van der Waals surface area contributed by atoms with Crippen LogP contribution in [0.5, 0.6) is 0 Å². The van der Waals surface area contributed by atoms with Gasteiger partial charge in [0.2, 0.25) is 11.7 Å². The molecular formula is C22H19N5O2S. The van der Waals surface area contributed by atoms with Gasteiger partial charge in [0.25, 0.3) is 5.91 Å². The zero-order valence-electron chi connectivity index (χ0n) is 16.1. The minimum absolute atomic E-state index is 0.0726. The van der Waals surface area contributed by atoms with E-state index in [0.717, 1.165) is 28.8 Å². The molecule has 0 atom stereocenters. The maximum absolute atomic E-state index is 13.1. The molecule has 2 aromatic carbocycles. The average molecular weight is 417 g/mol. The van der Waals surface area contributed by atoms with Gasteiger partial charge in [-0.2, -0.15) is 4.98 Å². The molecule has 2 aromatic heterocycles. The van der Waals surface area contributed by atoms with Gasteiger partial charge in [-0.3, -0.25) is 4.79 Å². The lowest BCUT2D eigenvalue weighted by molar-refractivity contribution is 0.0699. The Balaban J connectivity index is 1.27. The number of likely N-dealkylation sites (tertiary alicyclic amines) is 1. The van der Waals surface area contributed by atoms with Crippen molar-refractivity contribution in [3.05, 3.63) is 72.2 Å². The first kappa shape index (κ1) is 18.6. The maximum Gasteiger partial charge on any atom is 0.275 e. The van der Waals surface area contributed by atoms with Gasteiger partial charge in [0, 0.05) is 24.6 Å². The Bertz CT molecular complexity index is 1130. The third-order valence-corrected chi connectivity index (χ3v) is 6.11. The van der Waals surface area contributed by atoms with Crippen LogP contribution >= 0.6 is 11.5 Å². The fourth-order valence-corrected chi connectivity index (χ4v) is 4.35. The second-order valence-electron chi connectivity index (χ2n) is 7.21. The summed E-state index contributed by atoms with van der Waals surface area (Å²) in [7, 11) is 0. The number of rotatable bonds is 4. The summed E-state index contributed by atoms with van der Waals surface area (Å²) >= 11 is 1.25. The number of carbonyl (C=O) groups excluding carboxylic acids is 1. The molecule has 1 aliphatic rings. The van der Waals surface area contributed by atoms with Gasteiger partial charge in [-0.05, 0) is 29.9 Å². The van der Waals surface area contributed by atoms with Crippen molar-refractivity contribution in [2.24, 2.45) is 0 Å². The summed E-state index contributed by atoms with van der Waals surface area (Å²) in [5, 5.41) is 8.24. The van der Waals surface area contributed by atoms with Gasteiger partial charge < -0.3 is 9.42 Å². The molecule has 0 spiro atoms. The Kier molecular flexibility index (Phi) is 5.06. The van der Waals surface area contributed by atoms with E-state index in [2.05, 4.69) is 19.7 Å². The fourth-order valence-electron chi connectivity index (χ4n) is 3.69. The number of carbonyl (C=O) groups is 1. The van der Waals surface area contributed by atoms with Crippen molar-refractivity contribution in [3.8, 4) is 21.8 Å². The topological polar surface area (TPSA) is 85.0 Å². The number of aromatic nitrogens is 4. The predicted octanol–water partition coefficient (Wildman–Crippen LogP) is 4.27. The zero-order valence-corrected chi connectivity index (χ0v) is 17.0. The summed E-state index contributed by atoms with van der Waals surface area (Å²) in [6.45, 7) is 1.25. The number of benzene rings is 2. The molecule has 0 saturated carbocycles. The third-order valence-electron chi connectivity index (χ3n) is 5.33. The van der Waals surface area contributed by atoms with Gasteiger partial charge in [0.1, 0.15) is 0 Å². The molecule has 150 valence electrons. The highest BCUT2D eigenvalue weighted by Gasteiger charge is 2.30. The molecule has 1 amide bonds. The molecule has 0 radical (unpaired) electrons. The van der Waals surface area contributed by atoms with Crippen LogP contribution in [0.4, 0.5) is 0 Å². The monoisotopic (exact) mass is 417 g/mol. The SMILES string of the molecule is O=C(c1nnsc1-c1ccccc1)N1CCC(c2nc(-c3ccccc3)no2)CC1. The average Bonchev–Trinajstić information content (AvgIpc) is 3.50. The van der Waals surface area contributed by atoms with Crippen molar-refractivity contribution < 1.29 is 9.32 Å². The minimum Gasteiger partial charge on any atom is -0.339 e. The largest absolute Gasteiger partial charge is 0.339 e. The van der Waals surface area contributed by atoms with E-state index in [1.165, 1.54) is 11.5 Å². The molecule has 5 rings (SSSR count). The van der Waals surface area contributed by atoms with Gasteiger partial charge in [-0.25, -0.2) is 0 Å². The molecule has 7 nitrogen and oxygen atoms in total. The highest BCUT2D eigenvalue weighted by Crippen LogP contribution is 2.31. The van der Waals surface area contributed by atoms with Crippen LogP contribution in [0.15, 0.2) is 65.2 Å². The van der Waals surface area contributed by atoms with Gasteiger partial charge in [0.05, 0.1) is 4.88 Å². The van der Waals surface area contributed by atoms with Crippen molar-refractivity contribution in [3.63, 3.8) is 0 Å². The van der Waals surface area contributed by atoms with E-state index in [0.29, 0.717) is 30.5 Å². The van der Waals surface area contributed by atoms with Crippen molar-refractivity contribution in [1.29, 1.82) is 0 Å². The Hall–Kier alpha value is -3.39. The van der Waals surface area contributed by atoms with Crippen molar-refractivity contribution >= 4 is 17.4 Å². The number of hydrogen-bond acceptors (Lipinski definition) is 7. The van der Waals surface area contributed by atoms with Crippen LogP contribution in [0, 0.1) is 0 Å². The number of amides is 1. The van der Waals surface area contributed by atoms with E-state index in [1.807, 2.05) is 65.6 Å². The maximum atomic E-state index is 13.1. The number of nitrogens with zero attached hydrogens (tertiary/aromatic N) is 5. The van der Waals surface area contributed by atoms with E-state index in [4.69, 9.17) is 4.52 Å². The Morgan fingerprint density at radius 1 is 0.967 bits per heavy atom. The van der Waals surface area contributed by atoms with Crippen LogP contribution in [-0.2, 0) is 0 Å². The lowest BCUT2D eigenvalue weighted by Crippen LogP contribution is -2.38. The van der Waals surface area contributed by atoms with Crippen molar-refractivity contribution in [2.75, 3.05) is 13.1 Å². The summed E-state index contributed by atoms with van der Waals surface area (Å²) in [6, 6.07) is 19.6. The van der Waals surface area contributed by atoms with Crippen LogP contribution in [0.2, 0.25) is 0 Å². The molecule has 1 aliphatic heterocycles. The van der Waals surface area contributed by atoms with Gasteiger partial charge in [-0.15, -0.1) is 5.10 Å². The van der Waals surface area contributed by atoms with Crippen LogP contribution in [0.3, 0.4) is 0 Å². The van der Waals surface area contributed by atoms with E-state index >= 15 is 0 Å². The molecule has 1 saturated heterocycles. The molecule has 0 N–H and O–H groups in total. The molecular weight excluding hydrogens is 398 g/mol. The summed E-state index contributed by atoms with van der Waals surface area (Å²) in [4.78, 5) is 20.3. The van der Waals surface area contributed by atoms with E-state index < -0.39 is 0 Å². The molecule has 4 aromatic rings. The molecule has 0 bridgehead atoms. The van der Waals surface area contributed by atoms with E-state index in [9.17, 15) is 4.79 Å². The van der Waals surface area contributed by atoms with Gasteiger partial charge in [-0.1, -0.05) is 70.3 Å². The summed E-state index contributed by atoms with van der Waals surface area (Å²) in [5.74, 6) is 1.32. The molecule has 30 heavy (non-hydrogen) atoms. The molecule has 0 unspecified atom stereocenters. The summed E-state index contributed by atoms with van der Waals surface area (Å²) < 4.78 is 9.54. The van der Waals surface area contributed by atoms with Gasteiger partial charge in [0.15, 0.2) is 5.69 Å². The Morgan fingerprint density at radius 3 is 2.33 bits per heavy atom. The van der Waals surface area contributed by atoms with Crippen LogP contribution < -0.4 is 0 Å². The fraction of sp³-hybridized carbons (Fsp3) is 0.227. The first-order valence-electron chi connectivity index (χ1n) is 9.85. The molecule has 1 fully saturated rings. The summed E-state index contributed by atoms with van der Waals surface area (Å²) in [5.41, 5.74) is 2.32.